The van der Waals surface area contributed by atoms with E-state index >= 15 is 0 Å². The number of anilines is 2. The standard InChI is InChI=1S/C20H21F4N3O2/c21-17-4-2-1-3-14(17)7-8-25-19(28)26-18-6-5-15(13-16(18)20(22,23)24)27-9-11-29-12-10-27/h1-6,13H,7-12H2,(H2,25,26,28). The van der Waals surface area contributed by atoms with Crippen LogP contribution < -0.4 is 15.5 Å². The summed E-state index contributed by atoms with van der Waals surface area (Å²) in [5.74, 6) is -0.396. The fourth-order valence-corrected chi connectivity index (χ4v) is 3.07. The molecule has 1 aliphatic heterocycles. The second-order valence-electron chi connectivity index (χ2n) is 6.55. The number of hydrogen-bond acceptors (Lipinski definition) is 3. The van der Waals surface area contributed by atoms with Gasteiger partial charge in [-0.3, -0.25) is 0 Å². The molecule has 9 heteroatoms. The highest BCUT2D eigenvalue weighted by molar-refractivity contribution is 5.90. The summed E-state index contributed by atoms with van der Waals surface area (Å²) < 4.78 is 59.3. The second kappa shape index (κ2) is 9.13. The smallest absolute Gasteiger partial charge is 0.378 e. The van der Waals surface area contributed by atoms with Gasteiger partial charge in [0.2, 0.25) is 0 Å². The maximum atomic E-state index is 13.6. The molecule has 1 aliphatic rings. The summed E-state index contributed by atoms with van der Waals surface area (Å²) in [5.41, 5.74) is -0.423. The molecule has 1 heterocycles. The van der Waals surface area contributed by atoms with Crippen LogP contribution in [0.2, 0.25) is 0 Å². The van der Waals surface area contributed by atoms with Crippen LogP contribution in [0.4, 0.5) is 33.7 Å². The molecule has 0 bridgehead atoms. The number of nitrogens with zero attached hydrogens (tertiary/aromatic N) is 1. The van der Waals surface area contributed by atoms with Crippen LogP contribution >= 0.6 is 0 Å². The average Bonchev–Trinajstić information content (AvgIpc) is 2.69. The van der Waals surface area contributed by atoms with Crippen molar-refractivity contribution in [1.29, 1.82) is 0 Å². The van der Waals surface area contributed by atoms with Crippen molar-refractivity contribution in [2.24, 2.45) is 0 Å². The van der Waals surface area contributed by atoms with Gasteiger partial charge in [-0.1, -0.05) is 18.2 Å². The molecule has 3 rings (SSSR count). The van der Waals surface area contributed by atoms with Gasteiger partial charge in [0, 0.05) is 25.3 Å². The maximum absolute atomic E-state index is 13.6. The zero-order chi connectivity index (χ0) is 20.9. The van der Waals surface area contributed by atoms with E-state index in [4.69, 9.17) is 4.74 Å². The van der Waals surface area contributed by atoms with E-state index in [0.29, 0.717) is 37.6 Å². The summed E-state index contributed by atoms with van der Waals surface area (Å²) >= 11 is 0. The number of carbonyl (C=O) groups is 1. The number of ether oxygens (including phenoxy) is 1. The van der Waals surface area contributed by atoms with Gasteiger partial charge in [-0.25, -0.2) is 9.18 Å². The first-order valence-electron chi connectivity index (χ1n) is 9.17. The van der Waals surface area contributed by atoms with Crippen molar-refractivity contribution in [3.63, 3.8) is 0 Å². The quantitative estimate of drug-likeness (QED) is 0.730. The zero-order valence-corrected chi connectivity index (χ0v) is 15.6. The number of morpholine rings is 1. The molecule has 156 valence electrons. The Balaban J connectivity index is 1.65. The predicted molar refractivity (Wildman–Crippen MR) is 102 cm³/mol. The number of hydrogen-bond donors (Lipinski definition) is 2. The summed E-state index contributed by atoms with van der Waals surface area (Å²) in [6.07, 6.45) is -4.40. The molecule has 0 spiro atoms. The average molecular weight is 411 g/mol. The first-order valence-corrected chi connectivity index (χ1v) is 9.17. The van der Waals surface area contributed by atoms with Gasteiger partial charge in [0.05, 0.1) is 24.5 Å². The van der Waals surface area contributed by atoms with E-state index in [-0.39, 0.29) is 18.7 Å². The van der Waals surface area contributed by atoms with E-state index in [1.54, 1.807) is 23.1 Å². The number of benzene rings is 2. The Labute approximate surface area is 165 Å². The minimum Gasteiger partial charge on any atom is -0.378 e. The minimum atomic E-state index is -4.63. The number of amides is 2. The predicted octanol–water partition coefficient (Wildman–Crippen LogP) is 4.05. The van der Waals surface area contributed by atoms with Gasteiger partial charge in [-0.2, -0.15) is 13.2 Å². The lowest BCUT2D eigenvalue weighted by atomic mass is 10.1. The number of halogens is 4. The van der Waals surface area contributed by atoms with E-state index in [0.717, 1.165) is 6.07 Å². The number of urea groups is 1. The van der Waals surface area contributed by atoms with Crippen LogP contribution in [0.5, 0.6) is 0 Å². The first kappa shape index (κ1) is 20.9. The highest BCUT2D eigenvalue weighted by Gasteiger charge is 2.34. The summed E-state index contributed by atoms with van der Waals surface area (Å²) in [4.78, 5) is 13.8. The maximum Gasteiger partial charge on any atom is 0.418 e. The van der Waals surface area contributed by atoms with E-state index in [1.807, 2.05) is 0 Å². The Morgan fingerprint density at radius 2 is 1.83 bits per heavy atom. The Kier molecular flexibility index (Phi) is 6.58. The summed E-state index contributed by atoms with van der Waals surface area (Å²) in [6, 6.07) is 9.13. The van der Waals surface area contributed by atoms with Crippen LogP contribution in [0.3, 0.4) is 0 Å². The first-order chi connectivity index (χ1) is 13.8. The van der Waals surface area contributed by atoms with Crippen LogP contribution in [-0.4, -0.2) is 38.9 Å². The molecule has 2 amide bonds. The molecule has 0 atom stereocenters. The third-order valence-electron chi connectivity index (χ3n) is 4.57. The number of rotatable bonds is 5. The van der Waals surface area contributed by atoms with E-state index in [1.165, 1.54) is 18.2 Å². The third-order valence-corrected chi connectivity index (χ3v) is 4.57. The fraction of sp³-hybridized carbons (Fsp3) is 0.350. The number of alkyl halides is 3. The summed E-state index contributed by atoms with van der Waals surface area (Å²) in [5, 5.41) is 4.69. The Hall–Kier alpha value is -2.81. The Morgan fingerprint density at radius 3 is 2.52 bits per heavy atom. The molecule has 0 aromatic heterocycles. The summed E-state index contributed by atoms with van der Waals surface area (Å²) in [7, 11) is 0. The van der Waals surface area contributed by atoms with Gasteiger partial charge in [0.1, 0.15) is 5.82 Å². The van der Waals surface area contributed by atoms with Gasteiger partial charge in [0.15, 0.2) is 0 Å². The van der Waals surface area contributed by atoms with Crippen molar-refractivity contribution in [3.05, 3.63) is 59.4 Å². The van der Waals surface area contributed by atoms with Crippen LogP contribution in [0.15, 0.2) is 42.5 Å². The van der Waals surface area contributed by atoms with Gasteiger partial charge < -0.3 is 20.3 Å². The van der Waals surface area contributed by atoms with Crippen molar-refractivity contribution >= 4 is 17.4 Å². The molecular weight excluding hydrogens is 390 g/mol. The van der Waals surface area contributed by atoms with Crippen LogP contribution in [0, 0.1) is 5.82 Å². The van der Waals surface area contributed by atoms with Crippen LogP contribution in [-0.2, 0) is 17.3 Å². The van der Waals surface area contributed by atoms with E-state index in [2.05, 4.69) is 10.6 Å². The molecular formula is C20H21F4N3O2. The molecule has 1 fully saturated rings. The van der Waals surface area contributed by atoms with Gasteiger partial charge in [0.25, 0.3) is 0 Å². The molecule has 0 unspecified atom stereocenters. The Bertz CT molecular complexity index is 852. The van der Waals surface area contributed by atoms with E-state index < -0.39 is 23.6 Å². The SMILES string of the molecule is O=C(NCCc1ccccc1F)Nc1ccc(N2CCOCC2)cc1C(F)(F)F. The molecule has 2 aromatic rings. The number of carbonyl (C=O) groups excluding carboxylic acids is 1. The number of nitrogens with one attached hydrogen (secondary N) is 2. The van der Waals surface area contributed by atoms with Crippen LogP contribution in [0.25, 0.3) is 0 Å². The summed E-state index contributed by atoms with van der Waals surface area (Å²) in [6.45, 7) is 1.98. The lowest BCUT2D eigenvalue weighted by Gasteiger charge is -2.29. The Morgan fingerprint density at radius 1 is 1.10 bits per heavy atom. The molecule has 2 aromatic carbocycles. The van der Waals surface area contributed by atoms with Gasteiger partial charge in [-0.05, 0) is 36.2 Å². The lowest BCUT2D eigenvalue weighted by Crippen LogP contribution is -2.36. The monoisotopic (exact) mass is 411 g/mol. The molecule has 2 N–H and O–H groups in total. The zero-order valence-electron chi connectivity index (χ0n) is 15.6. The third kappa shape index (κ3) is 5.60. The van der Waals surface area contributed by atoms with Crippen LogP contribution in [0.1, 0.15) is 11.1 Å². The van der Waals surface area contributed by atoms with Crippen molar-refractivity contribution < 1.29 is 27.1 Å². The highest BCUT2D eigenvalue weighted by atomic mass is 19.4. The fourth-order valence-electron chi connectivity index (χ4n) is 3.07. The van der Waals surface area contributed by atoms with Crippen molar-refractivity contribution in [3.8, 4) is 0 Å². The van der Waals surface area contributed by atoms with Crippen molar-refractivity contribution in [2.75, 3.05) is 43.1 Å². The topological polar surface area (TPSA) is 53.6 Å². The normalized spacial score (nSPS) is 14.6. The highest BCUT2D eigenvalue weighted by Crippen LogP contribution is 2.37. The van der Waals surface area contributed by atoms with Gasteiger partial charge in [-0.15, -0.1) is 0 Å². The minimum absolute atomic E-state index is 0.0833. The van der Waals surface area contributed by atoms with Crippen molar-refractivity contribution in [2.45, 2.75) is 12.6 Å². The van der Waals surface area contributed by atoms with Gasteiger partial charge >= 0.3 is 12.2 Å². The van der Waals surface area contributed by atoms with Crippen molar-refractivity contribution in [1.82, 2.24) is 5.32 Å². The molecule has 0 radical (unpaired) electrons. The molecule has 29 heavy (non-hydrogen) atoms. The largest absolute Gasteiger partial charge is 0.418 e. The second-order valence-corrected chi connectivity index (χ2v) is 6.55. The molecule has 5 nitrogen and oxygen atoms in total. The molecule has 0 aliphatic carbocycles. The van der Waals surface area contributed by atoms with E-state index in [9.17, 15) is 22.4 Å². The molecule has 1 saturated heterocycles. The lowest BCUT2D eigenvalue weighted by molar-refractivity contribution is -0.136. The molecule has 0 saturated carbocycles.